The molecule has 1 aromatic carbocycles. The molecule has 2 N–H and O–H groups in total. The molecule has 2 rings (SSSR count). The number of halogens is 3. The van der Waals surface area contributed by atoms with E-state index in [2.05, 4.69) is 20.0 Å². The molecule has 0 unspecified atom stereocenters. The molecule has 0 aliphatic heterocycles. The van der Waals surface area contributed by atoms with Gasteiger partial charge >= 0.3 is 6.18 Å². The summed E-state index contributed by atoms with van der Waals surface area (Å²) in [7, 11) is 0. The number of rotatable bonds is 6. The predicted molar refractivity (Wildman–Crippen MR) is 81.7 cm³/mol. The van der Waals surface area contributed by atoms with Crippen LogP contribution < -0.4 is 0 Å². The summed E-state index contributed by atoms with van der Waals surface area (Å²) >= 11 is 0. The Morgan fingerprint density at radius 3 is 2.68 bits per heavy atom. The third-order valence-electron chi connectivity index (χ3n) is 3.77. The molecule has 1 atom stereocenters. The number of nitrogens with one attached hydrogen (secondary N) is 1. The number of aryl methyl sites for hydroxylation is 1. The van der Waals surface area contributed by atoms with Gasteiger partial charge < -0.3 is 5.11 Å². The molecule has 1 aromatic heterocycles. The van der Waals surface area contributed by atoms with Crippen molar-refractivity contribution in [2.75, 3.05) is 0 Å². The lowest BCUT2D eigenvalue weighted by atomic mass is 9.90. The van der Waals surface area contributed by atoms with Gasteiger partial charge in [-0.3, -0.25) is 9.89 Å². The second-order valence-corrected chi connectivity index (χ2v) is 5.77. The van der Waals surface area contributed by atoms with Gasteiger partial charge in [-0.25, -0.2) is 9.83 Å². The maximum Gasteiger partial charge on any atom is 0.407 e. The molecular formula is C16H15F3N4O2. The highest BCUT2D eigenvalue weighted by molar-refractivity contribution is 5.88. The topological polar surface area (TPSA) is 83.2 Å². The van der Waals surface area contributed by atoms with Crippen LogP contribution in [-0.4, -0.2) is 31.7 Å². The molecule has 25 heavy (non-hydrogen) atoms. The first-order valence-corrected chi connectivity index (χ1v) is 7.31. The Morgan fingerprint density at radius 1 is 1.40 bits per heavy atom. The van der Waals surface area contributed by atoms with Crippen LogP contribution in [0.25, 0.3) is 4.85 Å². The molecule has 0 aliphatic rings. The van der Waals surface area contributed by atoms with Crippen LogP contribution in [0.4, 0.5) is 18.9 Å². The van der Waals surface area contributed by atoms with Gasteiger partial charge in [-0.15, -0.1) is 0 Å². The van der Waals surface area contributed by atoms with Gasteiger partial charge in [-0.1, -0.05) is 18.2 Å². The average Bonchev–Trinajstić information content (AvgIpc) is 3.05. The van der Waals surface area contributed by atoms with E-state index in [1.165, 1.54) is 19.3 Å². The van der Waals surface area contributed by atoms with Gasteiger partial charge in [0.15, 0.2) is 11.5 Å². The fourth-order valence-corrected chi connectivity index (χ4v) is 2.25. The van der Waals surface area contributed by atoms with Gasteiger partial charge in [0, 0.05) is 12.8 Å². The number of H-pyrrole nitrogens is 1. The van der Waals surface area contributed by atoms with E-state index >= 15 is 0 Å². The molecule has 0 radical (unpaired) electrons. The number of hydrogen-bond acceptors (Lipinski definition) is 4. The Balaban J connectivity index is 2.12. The summed E-state index contributed by atoms with van der Waals surface area (Å²) < 4.78 is 38.9. The third kappa shape index (κ3) is 4.64. The molecule has 0 bridgehead atoms. The molecule has 0 saturated heterocycles. The summed E-state index contributed by atoms with van der Waals surface area (Å²) in [6, 6.07) is 3.09. The highest BCUT2D eigenvalue weighted by Crippen LogP contribution is 2.37. The SMILES string of the molecule is [C-]#[N+]c1ccc(CC(=O)[C@@](C)(O)CCc2ncn[nH]2)cc1C(F)(F)F. The van der Waals surface area contributed by atoms with Gasteiger partial charge in [0.1, 0.15) is 17.8 Å². The predicted octanol–water partition coefficient (Wildman–Crippen LogP) is 2.87. The number of aliphatic hydroxyl groups is 1. The summed E-state index contributed by atoms with van der Waals surface area (Å²) in [6.45, 7) is 8.11. The van der Waals surface area contributed by atoms with Crippen molar-refractivity contribution in [3.8, 4) is 0 Å². The van der Waals surface area contributed by atoms with Crippen molar-refractivity contribution in [3.05, 3.63) is 52.9 Å². The minimum atomic E-state index is -4.69. The van der Waals surface area contributed by atoms with Crippen molar-refractivity contribution < 1.29 is 23.1 Å². The first kappa shape index (κ1) is 18.6. The maximum absolute atomic E-state index is 13.0. The van der Waals surface area contributed by atoms with E-state index in [1.54, 1.807) is 0 Å². The van der Waals surface area contributed by atoms with E-state index in [0.717, 1.165) is 12.1 Å². The largest absolute Gasteiger partial charge is 0.407 e. The van der Waals surface area contributed by atoms with E-state index in [4.69, 9.17) is 6.57 Å². The second-order valence-electron chi connectivity index (χ2n) is 5.77. The summed E-state index contributed by atoms with van der Waals surface area (Å²) in [4.78, 5) is 19.0. The zero-order valence-corrected chi connectivity index (χ0v) is 13.3. The van der Waals surface area contributed by atoms with E-state index in [-0.39, 0.29) is 24.8 Å². The number of aromatic amines is 1. The van der Waals surface area contributed by atoms with Crippen LogP contribution in [0.15, 0.2) is 24.5 Å². The van der Waals surface area contributed by atoms with Gasteiger partial charge in [0.2, 0.25) is 0 Å². The fraction of sp³-hybridized carbons (Fsp3) is 0.375. The lowest BCUT2D eigenvalue weighted by Crippen LogP contribution is -2.37. The Bertz CT molecular complexity index is 793. The Kier molecular flexibility index (Phi) is 5.23. The number of carbonyl (C=O) groups excluding carboxylic acids is 1. The van der Waals surface area contributed by atoms with Crippen LogP contribution in [0.2, 0.25) is 0 Å². The zero-order valence-electron chi connectivity index (χ0n) is 13.3. The van der Waals surface area contributed by atoms with E-state index in [0.29, 0.717) is 5.82 Å². The minimum absolute atomic E-state index is 0.0489. The molecule has 1 heterocycles. The third-order valence-corrected chi connectivity index (χ3v) is 3.77. The number of carbonyl (C=O) groups is 1. The maximum atomic E-state index is 13.0. The van der Waals surface area contributed by atoms with Gasteiger partial charge in [0.25, 0.3) is 0 Å². The second kappa shape index (κ2) is 7.03. The summed E-state index contributed by atoms with van der Waals surface area (Å²) in [6.07, 6.45) is -3.45. The minimum Gasteiger partial charge on any atom is -0.382 e. The van der Waals surface area contributed by atoms with Crippen molar-refractivity contribution >= 4 is 11.5 Å². The molecule has 0 saturated carbocycles. The molecule has 0 amide bonds. The number of Topliss-reactive ketones (excluding diaryl/α,β-unsaturated/α-hetero) is 1. The van der Waals surface area contributed by atoms with Crippen molar-refractivity contribution in [1.82, 2.24) is 15.2 Å². The Hall–Kier alpha value is -2.73. The lowest BCUT2D eigenvalue weighted by molar-refractivity contribution is -0.137. The van der Waals surface area contributed by atoms with E-state index < -0.39 is 28.8 Å². The number of ketones is 1. The zero-order chi connectivity index (χ0) is 18.7. The van der Waals surface area contributed by atoms with Crippen LogP contribution in [0.3, 0.4) is 0 Å². The van der Waals surface area contributed by atoms with Crippen molar-refractivity contribution in [3.63, 3.8) is 0 Å². The van der Waals surface area contributed by atoms with Gasteiger partial charge in [-0.2, -0.15) is 18.3 Å². The molecular weight excluding hydrogens is 337 g/mol. The standard InChI is InChI=1S/C16H15F3N4O2/c1-15(25,6-5-14-21-9-22-23-14)13(24)8-10-3-4-12(20-2)11(7-10)16(17,18)19/h3-4,7,9,25H,5-6,8H2,1H3,(H,21,22,23)/t15-/m0/s1. The number of alkyl halides is 3. The molecule has 0 spiro atoms. The highest BCUT2D eigenvalue weighted by Gasteiger charge is 2.35. The van der Waals surface area contributed by atoms with E-state index in [9.17, 15) is 23.1 Å². The highest BCUT2D eigenvalue weighted by atomic mass is 19.4. The lowest BCUT2D eigenvalue weighted by Gasteiger charge is -2.21. The van der Waals surface area contributed by atoms with Crippen molar-refractivity contribution in [2.24, 2.45) is 0 Å². The van der Waals surface area contributed by atoms with Crippen molar-refractivity contribution in [2.45, 2.75) is 38.0 Å². The van der Waals surface area contributed by atoms with Gasteiger partial charge in [-0.05, 0) is 18.9 Å². The normalized spacial score (nSPS) is 13.9. The summed E-state index contributed by atoms with van der Waals surface area (Å²) in [5.74, 6) is -0.121. The molecule has 132 valence electrons. The number of benzene rings is 1. The van der Waals surface area contributed by atoms with Crippen LogP contribution in [-0.2, 0) is 23.8 Å². The molecule has 0 fully saturated rings. The van der Waals surface area contributed by atoms with Crippen LogP contribution in [0.5, 0.6) is 0 Å². The quantitative estimate of drug-likeness (QED) is 0.783. The molecule has 9 heteroatoms. The summed E-state index contributed by atoms with van der Waals surface area (Å²) in [5.41, 5.74) is -3.25. The first-order chi connectivity index (χ1) is 11.6. The molecule has 2 aromatic rings. The van der Waals surface area contributed by atoms with Gasteiger partial charge in [0.05, 0.1) is 12.1 Å². The number of aromatic nitrogens is 3. The molecule has 0 aliphatic carbocycles. The fourth-order valence-electron chi connectivity index (χ4n) is 2.25. The Morgan fingerprint density at radius 2 is 2.12 bits per heavy atom. The molecule has 6 nitrogen and oxygen atoms in total. The van der Waals surface area contributed by atoms with Crippen LogP contribution >= 0.6 is 0 Å². The first-order valence-electron chi connectivity index (χ1n) is 7.31. The number of hydrogen-bond donors (Lipinski definition) is 2. The van der Waals surface area contributed by atoms with Crippen molar-refractivity contribution in [1.29, 1.82) is 0 Å². The average molecular weight is 352 g/mol. The summed E-state index contributed by atoms with van der Waals surface area (Å²) in [5, 5.41) is 16.5. The monoisotopic (exact) mass is 352 g/mol. The van der Waals surface area contributed by atoms with Crippen LogP contribution in [0, 0.1) is 6.57 Å². The Labute approximate surface area is 141 Å². The van der Waals surface area contributed by atoms with E-state index in [1.807, 2.05) is 0 Å². The number of nitrogens with zero attached hydrogens (tertiary/aromatic N) is 3. The smallest absolute Gasteiger partial charge is 0.382 e. The van der Waals surface area contributed by atoms with Crippen LogP contribution in [0.1, 0.15) is 30.3 Å².